The third-order valence-corrected chi connectivity index (χ3v) is 6.92. The summed E-state index contributed by atoms with van der Waals surface area (Å²) in [5.41, 5.74) is 5.23. The lowest BCUT2D eigenvalue weighted by atomic mass is 10.1. The van der Waals surface area contributed by atoms with Gasteiger partial charge in [0.15, 0.2) is 5.13 Å². The first kappa shape index (κ1) is 21.0. The van der Waals surface area contributed by atoms with Crippen LogP contribution in [-0.2, 0) is 4.74 Å². The van der Waals surface area contributed by atoms with Gasteiger partial charge >= 0.3 is 0 Å². The highest BCUT2D eigenvalue weighted by Crippen LogP contribution is 2.30. The number of carbonyl (C=O) groups excluding carboxylic acids is 1. The highest BCUT2D eigenvalue weighted by molar-refractivity contribution is 7.22. The number of aromatic nitrogens is 1. The maximum atomic E-state index is 13.5. The number of amides is 1. The number of quaternary nitrogens is 1. The number of morpholine rings is 1. The molecule has 1 aromatic heterocycles. The Bertz CT molecular complexity index is 1040. The average Bonchev–Trinajstić information content (AvgIpc) is 3.16. The maximum absolute atomic E-state index is 13.5. The van der Waals surface area contributed by atoms with Crippen molar-refractivity contribution in [3.05, 3.63) is 58.7 Å². The predicted octanol–water partition coefficient (Wildman–Crippen LogP) is 3.17. The van der Waals surface area contributed by atoms with E-state index in [0.717, 1.165) is 65.7 Å². The molecule has 4 rings (SSSR count). The number of carbonyl (C=O) groups is 1. The van der Waals surface area contributed by atoms with E-state index in [0.29, 0.717) is 6.54 Å². The molecule has 0 bridgehead atoms. The summed E-state index contributed by atoms with van der Waals surface area (Å²) in [6.07, 6.45) is 0.945. The van der Waals surface area contributed by atoms with E-state index >= 15 is 0 Å². The summed E-state index contributed by atoms with van der Waals surface area (Å²) in [5, 5.41) is 0.788. The molecule has 1 N–H and O–H groups in total. The molecule has 1 aliphatic rings. The fourth-order valence-electron chi connectivity index (χ4n) is 3.85. The molecule has 1 aliphatic heterocycles. The third-order valence-electron chi connectivity index (χ3n) is 5.87. The summed E-state index contributed by atoms with van der Waals surface area (Å²) in [5.74, 6) is 0.0332. The van der Waals surface area contributed by atoms with Crippen LogP contribution in [0, 0.1) is 20.8 Å². The van der Waals surface area contributed by atoms with Crippen LogP contribution in [0.4, 0.5) is 5.13 Å². The van der Waals surface area contributed by atoms with Gasteiger partial charge in [0, 0.05) is 18.5 Å². The van der Waals surface area contributed by atoms with Gasteiger partial charge in [-0.25, -0.2) is 4.98 Å². The Labute approximate surface area is 182 Å². The van der Waals surface area contributed by atoms with E-state index in [1.54, 1.807) is 16.2 Å². The second-order valence-corrected chi connectivity index (χ2v) is 9.20. The Morgan fingerprint density at radius 2 is 1.90 bits per heavy atom. The smallest absolute Gasteiger partial charge is 0.260 e. The molecule has 6 heteroatoms. The number of hydrogen-bond donors (Lipinski definition) is 1. The number of hydrogen-bond acceptors (Lipinski definition) is 4. The topological polar surface area (TPSA) is 46.9 Å². The van der Waals surface area contributed by atoms with Crippen LogP contribution in [0.25, 0.3) is 10.2 Å². The Balaban J connectivity index is 1.58. The fraction of sp³-hybridized carbons (Fsp3) is 0.417. The third kappa shape index (κ3) is 4.72. The van der Waals surface area contributed by atoms with Gasteiger partial charge < -0.3 is 9.64 Å². The van der Waals surface area contributed by atoms with Gasteiger partial charge in [-0.1, -0.05) is 23.5 Å². The zero-order valence-electron chi connectivity index (χ0n) is 18.0. The minimum atomic E-state index is 0.0332. The number of ether oxygens (including phenoxy) is 1. The van der Waals surface area contributed by atoms with E-state index in [2.05, 4.69) is 32.9 Å². The Morgan fingerprint density at radius 3 is 2.67 bits per heavy atom. The van der Waals surface area contributed by atoms with E-state index in [1.807, 2.05) is 29.2 Å². The molecule has 0 radical (unpaired) electrons. The summed E-state index contributed by atoms with van der Waals surface area (Å²) in [6.45, 7) is 11.7. The molecule has 3 aromatic rings. The molecule has 0 unspecified atom stereocenters. The summed E-state index contributed by atoms with van der Waals surface area (Å²) in [6, 6.07) is 12.2. The molecule has 5 nitrogen and oxygen atoms in total. The van der Waals surface area contributed by atoms with Crippen molar-refractivity contribution in [3.8, 4) is 0 Å². The van der Waals surface area contributed by atoms with Crippen molar-refractivity contribution in [2.45, 2.75) is 27.2 Å². The molecule has 1 saturated heterocycles. The lowest BCUT2D eigenvalue weighted by Gasteiger charge is -2.25. The molecule has 0 aliphatic carbocycles. The predicted molar refractivity (Wildman–Crippen MR) is 123 cm³/mol. The van der Waals surface area contributed by atoms with E-state index in [4.69, 9.17) is 9.72 Å². The van der Waals surface area contributed by atoms with Crippen molar-refractivity contribution in [2.24, 2.45) is 0 Å². The van der Waals surface area contributed by atoms with Crippen LogP contribution in [0.15, 0.2) is 36.4 Å². The van der Waals surface area contributed by atoms with Crippen LogP contribution < -0.4 is 9.80 Å². The summed E-state index contributed by atoms with van der Waals surface area (Å²) in [7, 11) is 0. The van der Waals surface area contributed by atoms with E-state index in [-0.39, 0.29) is 5.91 Å². The minimum absolute atomic E-state index is 0.0332. The standard InChI is InChI=1S/C24H29N3O2S/c1-17-5-8-21-22(15-17)30-24(25-21)27(10-4-9-26-11-13-29-14-12-26)23(28)20-7-6-18(2)19(3)16-20/h5-8,15-16H,4,9-14H2,1-3H3/p+1. The van der Waals surface area contributed by atoms with Crippen LogP contribution in [-0.4, -0.2) is 50.3 Å². The maximum Gasteiger partial charge on any atom is 0.260 e. The van der Waals surface area contributed by atoms with Gasteiger partial charge in [0.25, 0.3) is 5.91 Å². The highest BCUT2D eigenvalue weighted by Gasteiger charge is 2.23. The molecule has 30 heavy (non-hydrogen) atoms. The largest absolute Gasteiger partial charge is 0.370 e. The monoisotopic (exact) mass is 424 g/mol. The quantitative estimate of drug-likeness (QED) is 0.661. The van der Waals surface area contributed by atoms with E-state index in [9.17, 15) is 4.79 Å². The number of nitrogens with zero attached hydrogens (tertiary/aromatic N) is 2. The van der Waals surface area contributed by atoms with Gasteiger partial charge in [0.05, 0.1) is 30.0 Å². The number of benzene rings is 2. The lowest BCUT2D eigenvalue weighted by Crippen LogP contribution is -3.14. The number of fused-ring (bicyclic) bond motifs is 1. The summed E-state index contributed by atoms with van der Waals surface area (Å²) >= 11 is 1.60. The number of anilines is 1. The van der Waals surface area contributed by atoms with Gasteiger partial charge in [-0.05, 0) is 61.7 Å². The van der Waals surface area contributed by atoms with Gasteiger partial charge in [0.1, 0.15) is 13.1 Å². The van der Waals surface area contributed by atoms with Gasteiger partial charge in [0.2, 0.25) is 0 Å². The number of rotatable bonds is 6. The van der Waals surface area contributed by atoms with Crippen molar-refractivity contribution in [1.82, 2.24) is 4.98 Å². The molecular formula is C24H30N3O2S+. The minimum Gasteiger partial charge on any atom is -0.370 e. The Kier molecular flexibility index (Phi) is 6.46. The normalized spacial score (nSPS) is 14.9. The second kappa shape index (κ2) is 9.25. The van der Waals surface area contributed by atoms with Crippen molar-refractivity contribution in [2.75, 3.05) is 44.3 Å². The van der Waals surface area contributed by atoms with Crippen LogP contribution in [0.3, 0.4) is 0 Å². The van der Waals surface area contributed by atoms with Crippen molar-refractivity contribution >= 4 is 32.6 Å². The molecule has 2 heterocycles. The molecule has 2 aromatic carbocycles. The molecular weight excluding hydrogens is 394 g/mol. The van der Waals surface area contributed by atoms with Gasteiger partial charge in [-0.15, -0.1) is 0 Å². The second-order valence-electron chi connectivity index (χ2n) is 8.19. The zero-order chi connectivity index (χ0) is 21.1. The molecule has 1 amide bonds. The van der Waals surface area contributed by atoms with Crippen LogP contribution in [0.1, 0.15) is 33.5 Å². The number of thiazole rings is 1. The van der Waals surface area contributed by atoms with Crippen LogP contribution in [0.2, 0.25) is 0 Å². The van der Waals surface area contributed by atoms with E-state index < -0.39 is 0 Å². The first-order chi connectivity index (χ1) is 14.5. The summed E-state index contributed by atoms with van der Waals surface area (Å²) in [4.78, 5) is 21.7. The fourth-order valence-corrected chi connectivity index (χ4v) is 4.93. The Hall–Kier alpha value is -2.28. The first-order valence-corrected chi connectivity index (χ1v) is 11.5. The molecule has 1 fully saturated rings. The molecule has 0 saturated carbocycles. The van der Waals surface area contributed by atoms with Crippen molar-refractivity contribution in [1.29, 1.82) is 0 Å². The van der Waals surface area contributed by atoms with Crippen molar-refractivity contribution in [3.63, 3.8) is 0 Å². The Morgan fingerprint density at radius 1 is 1.10 bits per heavy atom. The highest BCUT2D eigenvalue weighted by atomic mass is 32.1. The molecule has 0 atom stereocenters. The first-order valence-electron chi connectivity index (χ1n) is 10.7. The van der Waals surface area contributed by atoms with Crippen LogP contribution >= 0.6 is 11.3 Å². The molecule has 0 spiro atoms. The number of nitrogens with one attached hydrogen (secondary N) is 1. The van der Waals surface area contributed by atoms with Crippen LogP contribution in [0.5, 0.6) is 0 Å². The molecule has 158 valence electrons. The number of aryl methyl sites for hydroxylation is 3. The van der Waals surface area contributed by atoms with Crippen molar-refractivity contribution < 1.29 is 14.4 Å². The average molecular weight is 425 g/mol. The zero-order valence-corrected chi connectivity index (χ0v) is 18.8. The SMILES string of the molecule is Cc1ccc2nc(N(CCC[NH+]3CCOCC3)C(=O)c3ccc(C)c(C)c3)sc2c1. The summed E-state index contributed by atoms with van der Waals surface area (Å²) < 4.78 is 6.59. The lowest BCUT2D eigenvalue weighted by molar-refractivity contribution is -0.908. The van der Waals surface area contributed by atoms with E-state index in [1.165, 1.54) is 11.1 Å². The van der Waals surface area contributed by atoms with Gasteiger partial charge in [-0.3, -0.25) is 9.69 Å². The van der Waals surface area contributed by atoms with Gasteiger partial charge in [-0.2, -0.15) is 0 Å².